The molecule has 2 aromatic rings. The van der Waals surface area contributed by atoms with E-state index < -0.39 is 20.0 Å². The Morgan fingerprint density at radius 1 is 1.00 bits per heavy atom. The number of rotatable bonds is 3. The first kappa shape index (κ1) is 17.3. The Bertz CT molecular complexity index is 963. The molecule has 1 aliphatic heterocycles. The number of hydrogen-bond donors (Lipinski definition) is 1. The van der Waals surface area contributed by atoms with Crippen LogP contribution in [0.4, 0.5) is 0 Å². The summed E-state index contributed by atoms with van der Waals surface area (Å²) in [5.74, 6) is -0.157. The maximum absolute atomic E-state index is 14.1. The second-order valence-electron chi connectivity index (χ2n) is 7.02. The summed E-state index contributed by atoms with van der Waals surface area (Å²) in [6.07, 6.45) is 8.50. The summed E-state index contributed by atoms with van der Waals surface area (Å²) < 4.78 is 27.1. The van der Waals surface area contributed by atoms with Crippen molar-refractivity contribution >= 4 is 9.84 Å². The van der Waals surface area contributed by atoms with Gasteiger partial charge in [-0.05, 0) is 23.1 Å². The molecular formula is C22H23NO2S. The molecular weight excluding hydrogens is 342 g/mol. The molecule has 1 aliphatic carbocycles. The van der Waals surface area contributed by atoms with Crippen LogP contribution in [0.2, 0.25) is 0 Å². The lowest BCUT2D eigenvalue weighted by molar-refractivity contribution is 0.473. The summed E-state index contributed by atoms with van der Waals surface area (Å²) >= 11 is 0. The van der Waals surface area contributed by atoms with E-state index in [0.717, 1.165) is 23.1 Å². The van der Waals surface area contributed by atoms with E-state index in [2.05, 4.69) is 5.32 Å². The Morgan fingerprint density at radius 2 is 1.73 bits per heavy atom. The summed E-state index contributed by atoms with van der Waals surface area (Å²) in [7, 11) is -3.61. The van der Waals surface area contributed by atoms with E-state index in [9.17, 15) is 8.42 Å². The number of fused-ring (bicyclic) bond motifs is 1. The first-order valence-electron chi connectivity index (χ1n) is 9.03. The molecule has 26 heavy (non-hydrogen) atoms. The molecule has 1 N–H and O–H groups in total. The van der Waals surface area contributed by atoms with Crippen molar-refractivity contribution in [1.82, 2.24) is 5.32 Å². The molecule has 0 spiro atoms. The third-order valence-corrected chi connectivity index (χ3v) is 8.33. The maximum atomic E-state index is 14.1. The Balaban J connectivity index is 1.93. The molecule has 0 bridgehead atoms. The molecule has 0 aromatic heterocycles. The van der Waals surface area contributed by atoms with Crippen LogP contribution in [0.15, 0.2) is 78.9 Å². The van der Waals surface area contributed by atoms with E-state index in [4.69, 9.17) is 0 Å². The van der Waals surface area contributed by atoms with E-state index in [0.29, 0.717) is 6.54 Å². The van der Waals surface area contributed by atoms with Gasteiger partial charge in [0.15, 0.2) is 9.84 Å². The third kappa shape index (κ3) is 2.48. The molecule has 0 radical (unpaired) electrons. The van der Waals surface area contributed by atoms with Gasteiger partial charge in [-0.15, -0.1) is 0 Å². The van der Waals surface area contributed by atoms with E-state index in [1.807, 2.05) is 85.8 Å². The Hall–Kier alpha value is -2.17. The second kappa shape index (κ2) is 6.53. The summed E-state index contributed by atoms with van der Waals surface area (Å²) in [6, 6.07) is 17.5. The molecule has 4 heteroatoms. The quantitative estimate of drug-likeness (QED) is 0.897. The lowest BCUT2D eigenvalue weighted by atomic mass is 9.83. The monoisotopic (exact) mass is 365 g/mol. The van der Waals surface area contributed by atoms with E-state index in [1.165, 1.54) is 0 Å². The minimum absolute atomic E-state index is 0.157. The summed E-state index contributed by atoms with van der Waals surface area (Å²) in [6.45, 7) is 2.65. The van der Waals surface area contributed by atoms with Crippen molar-refractivity contribution in [2.75, 3.05) is 6.54 Å². The van der Waals surface area contributed by atoms with E-state index in [1.54, 1.807) is 0 Å². The van der Waals surface area contributed by atoms with Crippen molar-refractivity contribution in [2.45, 2.75) is 23.5 Å². The van der Waals surface area contributed by atoms with Gasteiger partial charge in [0.05, 0.1) is 0 Å². The van der Waals surface area contributed by atoms with Crippen LogP contribution in [0.3, 0.4) is 0 Å². The van der Waals surface area contributed by atoms with Gasteiger partial charge in [0.1, 0.15) is 10.1 Å². The van der Waals surface area contributed by atoms with Crippen LogP contribution in [0.1, 0.15) is 29.0 Å². The summed E-state index contributed by atoms with van der Waals surface area (Å²) in [5, 5.41) is 2.58. The van der Waals surface area contributed by atoms with Crippen LogP contribution in [0.25, 0.3) is 0 Å². The van der Waals surface area contributed by atoms with E-state index in [-0.39, 0.29) is 5.92 Å². The number of benzene rings is 2. The summed E-state index contributed by atoms with van der Waals surface area (Å²) in [5.41, 5.74) is 2.81. The predicted molar refractivity (Wildman–Crippen MR) is 105 cm³/mol. The Kier molecular flexibility index (Phi) is 4.33. The number of nitrogens with one attached hydrogen (secondary N) is 1. The first-order chi connectivity index (χ1) is 12.6. The minimum atomic E-state index is -3.61. The van der Waals surface area contributed by atoms with Gasteiger partial charge < -0.3 is 0 Å². The SMILES string of the molecule is CC1C=CC=CC1(c1ccccc1)S(=O)(=O)C1NCCc2ccccc21. The zero-order valence-corrected chi connectivity index (χ0v) is 15.6. The molecule has 0 fully saturated rings. The topological polar surface area (TPSA) is 46.2 Å². The number of hydrogen-bond acceptors (Lipinski definition) is 3. The average molecular weight is 365 g/mol. The highest BCUT2D eigenvalue weighted by Crippen LogP contribution is 2.47. The van der Waals surface area contributed by atoms with Crippen LogP contribution >= 0.6 is 0 Å². The van der Waals surface area contributed by atoms with Gasteiger partial charge in [-0.3, -0.25) is 5.32 Å². The fraction of sp³-hybridized carbons (Fsp3) is 0.273. The van der Waals surface area contributed by atoms with Crippen molar-refractivity contribution in [1.29, 1.82) is 0 Å². The molecule has 3 unspecified atom stereocenters. The highest BCUT2D eigenvalue weighted by molar-refractivity contribution is 7.92. The number of sulfone groups is 1. The molecule has 3 atom stereocenters. The third-order valence-electron chi connectivity index (χ3n) is 5.60. The largest absolute Gasteiger partial charge is 0.297 e. The van der Waals surface area contributed by atoms with Crippen molar-refractivity contribution in [3.63, 3.8) is 0 Å². The average Bonchev–Trinajstić information content (AvgIpc) is 2.68. The van der Waals surface area contributed by atoms with Crippen molar-refractivity contribution in [2.24, 2.45) is 5.92 Å². The highest BCUT2D eigenvalue weighted by atomic mass is 32.2. The molecule has 134 valence electrons. The molecule has 2 aromatic carbocycles. The lowest BCUT2D eigenvalue weighted by Gasteiger charge is -2.41. The maximum Gasteiger partial charge on any atom is 0.184 e. The molecule has 0 saturated carbocycles. The van der Waals surface area contributed by atoms with Crippen LogP contribution in [0.5, 0.6) is 0 Å². The van der Waals surface area contributed by atoms with Crippen LogP contribution in [-0.2, 0) is 21.0 Å². The predicted octanol–water partition coefficient (Wildman–Crippen LogP) is 3.90. The first-order valence-corrected chi connectivity index (χ1v) is 10.6. The Morgan fingerprint density at radius 3 is 2.50 bits per heavy atom. The standard InChI is InChI=1S/C22H23NO2S/c1-17-9-7-8-15-22(17,19-11-3-2-4-12-19)26(24,25)21-20-13-6-5-10-18(20)14-16-23-21/h2-13,15,17,21,23H,14,16H2,1H3. The Labute approximate surface area is 155 Å². The molecule has 2 aliphatic rings. The van der Waals surface area contributed by atoms with Crippen molar-refractivity contribution in [3.8, 4) is 0 Å². The van der Waals surface area contributed by atoms with Crippen molar-refractivity contribution < 1.29 is 8.42 Å². The van der Waals surface area contributed by atoms with Crippen LogP contribution in [0, 0.1) is 5.92 Å². The minimum Gasteiger partial charge on any atom is -0.297 e. The molecule has 1 heterocycles. The molecule has 4 rings (SSSR count). The van der Waals surface area contributed by atoms with E-state index >= 15 is 0 Å². The number of allylic oxidation sites excluding steroid dienone is 3. The van der Waals surface area contributed by atoms with Gasteiger partial charge in [-0.2, -0.15) is 0 Å². The van der Waals surface area contributed by atoms with Gasteiger partial charge in [0.25, 0.3) is 0 Å². The fourth-order valence-corrected chi connectivity index (χ4v) is 6.86. The molecule has 3 nitrogen and oxygen atoms in total. The molecule has 0 saturated heterocycles. The van der Waals surface area contributed by atoms with Crippen LogP contribution < -0.4 is 5.32 Å². The summed E-state index contributed by atoms with van der Waals surface area (Å²) in [4.78, 5) is 0. The van der Waals surface area contributed by atoms with Gasteiger partial charge >= 0.3 is 0 Å². The van der Waals surface area contributed by atoms with Crippen LogP contribution in [-0.4, -0.2) is 15.0 Å². The zero-order chi connectivity index (χ0) is 18.2. The fourth-order valence-electron chi connectivity index (χ4n) is 4.24. The van der Waals surface area contributed by atoms with Gasteiger partial charge in [0.2, 0.25) is 0 Å². The van der Waals surface area contributed by atoms with Gasteiger partial charge in [-0.25, -0.2) is 8.42 Å². The smallest absolute Gasteiger partial charge is 0.184 e. The van der Waals surface area contributed by atoms with Crippen molar-refractivity contribution in [3.05, 3.63) is 95.6 Å². The van der Waals surface area contributed by atoms with Gasteiger partial charge in [-0.1, -0.05) is 85.8 Å². The second-order valence-corrected chi connectivity index (χ2v) is 9.26. The normalized spacial score (nSPS) is 27.9. The molecule has 0 amide bonds. The lowest BCUT2D eigenvalue weighted by Crippen LogP contribution is -2.48. The van der Waals surface area contributed by atoms with Gasteiger partial charge in [0, 0.05) is 12.5 Å². The zero-order valence-electron chi connectivity index (χ0n) is 14.8. The highest BCUT2D eigenvalue weighted by Gasteiger charge is 2.52.